The Hall–Kier alpha value is -1.62. The lowest BCUT2D eigenvalue weighted by Crippen LogP contribution is -2.43. The zero-order valence-electron chi connectivity index (χ0n) is 12.3. The maximum Gasteiger partial charge on any atom is 0.310 e. The molecule has 0 saturated carbocycles. The van der Waals surface area contributed by atoms with E-state index in [1.54, 1.807) is 17.9 Å². The van der Waals surface area contributed by atoms with Gasteiger partial charge >= 0.3 is 5.97 Å². The molecule has 2 heterocycles. The van der Waals surface area contributed by atoms with Crippen LogP contribution >= 0.6 is 11.6 Å². The Bertz CT molecular complexity index is 548. The summed E-state index contributed by atoms with van der Waals surface area (Å²) in [4.78, 5) is 30.1. The van der Waals surface area contributed by atoms with Crippen molar-refractivity contribution in [3.8, 4) is 0 Å². The number of rotatable bonds is 3. The Morgan fingerprint density at radius 3 is 2.95 bits per heavy atom. The molecular weight excluding hydrogens is 292 g/mol. The summed E-state index contributed by atoms with van der Waals surface area (Å²) in [6.45, 7) is 4.96. The molecule has 1 aromatic rings. The van der Waals surface area contributed by atoms with Gasteiger partial charge in [0.2, 0.25) is 0 Å². The summed E-state index contributed by atoms with van der Waals surface area (Å²) in [6, 6.07) is 1.67. The van der Waals surface area contributed by atoms with Crippen molar-refractivity contribution in [1.29, 1.82) is 0 Å². The molecule has 0 bridgehead atoms. The van der Waals surface area contributed by atoms with Crippen molar-refractivity contribution in [1.82, 2.24) is 9.88 Å². The van der Waals surface area contributed by atoms with Gasteiger partial charge in [0, 0.05) is 25.0 Å². The number of esters is 1. The molecule has 1 aliphatic rings. The molecule has 0 unspecified atom stereocenters. The first-order chi connectivity index (χ1) is 10.0. The summed E-state index contributed by atoms with van der Waals surface area (Å²) >= 11 is 6.11. The van der Waals surface area contributed by atoms with E-state index in [0.717, 1.165) is 18.5 Å². The van der Waals surface area contributed by atoms with Crippen LogP contribution < -0.4 is 0 Å². The third-order valence-electron chi connectivity index (χ3n) is 3.55. The monoisotopic (exact) mass is 310 g/mol. The molecule has 0 aliphatic carbocycles. The number of ether oxygens (including phenoxy) is 1. The topological polar surface area (TPSA) is 59.5 Å². The molecule has 1 aliphatic heterocycles. The Kier molecular flexibility index (Phi) is 5.17. The minimum absolute atomic E-state index is 0.179. The fraction of sp³-hybridized carbons (Fsp3) is 0.533. The first-order valence-corrected chi connectivity index (χ1v) is 7.48. The van der Waals surface area contributed by atoms with Gasteiger partial charge in [-0.25, -0.2) is 0 Å². The lowest BCUT2D eigenvalue weighted by Gasteiger charge is -2.31. The molecular formula is C15H19ClN2O3. The maximum atomic E-state index is 12.5. The second-order valence-electron chi connectivity index (χ2n) is 5.15. The molecule has 0 N–H and O–H groups in total. The van der Waals surface area contributed by atoms with Crippen LogP contribution in [0.25, 0.3) is 0 Å². The molecule has 1 amide bonds. The van der Waals surface area contributed by atoms with Crippen LogP contribution in [0.3, 0.4) is 0 Å². The van der Waals surface area contributed by atoms with E-state index in [0.29, 0.717) is 30.3 Å². The average Bonchev–Trinajstić information content (AvgIpc) is 2.47. The fourth-order valence-corrected chi connectivity index (χ4v) is 2.76. The molecule has 0 radical (unpaired) electrons. The summed E-state index contributed by atoms with van der Waals surface area (Å²) in [5.74, 6) is -0.663. The zero-order valence-corrected chi connectivity index (χ0v) is 13.0. The van der Waals surface area contributed by atoms with E-state index in [9.17, 15) is 9.59 Å². The highest BCUT2D eigenvalue weighted by Gasteiger charge is 2.30. The van der Waals surface area contributed by atoms with Gasteiger partial charge in [0.1, 0.15) is 0 Å². The van der Waals surface area contributed by atoms with E-state index in [4.69, 9.17) is 16.3 Å². The number of amides is 1. The van der Waals surface area contributed by atoms with Crippen molar-refractivity contribution in [3.63, 3.8) is 0 Å². The average molecular weight is 311 g/mol. The first-order valence-electron chi connectivity index (χ1n) is 7.11. The van der Waals surface area contributed by atoms with Crippen LogP contribution in [0, 0.1) is 12.8 Å². The highest BCUT2D eigenvalue weighted by molar-refractivity contribution is 6.33. The Labute approximate surface area is 129 Å². The van der Waals surface area contributed by atoms with Crippen LogP contribution in [0.5, 0.6) is 0 Å². The minimum atomic E-state index is -0.250. The molecule has 21 heavy (non-hydrogen) atoms. The number of carbonyl (C=O) groups is 2. The van der Waals surface area contributed by atoms with E-state index >= 15 is 0 Å². The highest BCUT2D eigenvalue weighted by Crippen LogP contribution is 2.23. The number of carbonyl (C=O) groups excluding carboxylic acids is 2. The van der Waals surface area contributed by atoms with Crippen molar-refractivity contribution in [2.24, 2.45) is 5.92 Å². The van der Waals surface area contributed by atoms with Gasteiger partial charge in [-0.2, -0.15) is 0 Å². The predicted molar refractivity (Wildman–Crippen MR) is 79.2 cm³/mol. The number of pyridine rings is 1. The summed E-state index contributed by atoms with van der Waals surface area (Å²) in [7, 11) is 0. The van der Waals surface area contributed by atoms with Crippen molar-refractivity contribution in [2.75, 3.05) is 19.7 Å². The van der Waals surface area contributed by atoms with Crippen molar-refractivity contribution >= 4 is 23.5 Å². The fourth-order valence-electron chi connectivity index (χ4n) is 2.47. The molecule has 1 atom stereocenters. The first kappa shape index (κ1) is 15.8. The third-order valence-corrected chi connectivity index (χ3v) is 3.86. The third kappa shape index (κ3) is 3.73. The largest absolute Gasteiger partial charge is 0.466 e. The molecule has 1 saturated heterocycles. The molecule has 6 heteroatoms. The lowest BCUT2D eigenvalue weighted by molar-refractivity contribution is -0.149. The van der Waals surface area contributed by atoms with Crippen LogP contribution in [0.4, 0.5) is 0 Å². The van der Waals surface area contributed by atoms with Gasteiger partial charge in [-0.1, -0.05) is 11.6 Å². The molecule has 0 aromatic carbocycles. The van der Waals surface area contributed by atoms with Crippen LogP contribution in [-0.2, 0) is 9.53 Å². The number of piperidine rings is 1. The molecule has 5 nitrogen and oxygen atoms in total. The van der Waals surface area contributed by atoms with Crippen LogP contribution in [-0.4, -0.2) is 41.5 Å². The van der Waals surface area contributed by atoms with Crippen LogP contribution in [0.1, 0.15) is 35.8 Å². The van der Waals surface area contributed by atoms with E-state index in [-0.39, 0.29) is 17.8 Å². The van der Waals surface area contributed by atoms with Gasteiger partial charge in [0.05, 0.1) is 23.1 Å². The van der Waals surface area contributed by atoms with E-state index in [1.165, 1.54) is 6.20 Å². The minimum Gasteiger partial charge on any atom is -0.466 e. The normalized spacial score (nSPS) is 18.4. The van der Waals surface area contributed by atoms with Crippen LogP contribution in [0.2, 0.25) is 5.02 Å². The second-order valence-corrected chi connectivity index (χ2v) is 5.56. The van der Waals surface area contributed by atoms with Crippen molar-refractivity contribution in [2.45, 2.75) is 26.7 Å². The van der Waals surface area contributed by atoms with Gasteiger partial charge in [0.15, 0.2) is 0 Å². The van der Waals surface area contributed by atoms with Crippen molar-refractivity contribution < 1.29 is 14.3 Å². The van der Waals surface area contributed by atoms with E-state index in [1.807, 2.05) is 6.92 Å². The number of hydrogen-bond donors (Lipinski definition) is 0. The highest BCUT2D eigenvalue weighted by atomic mass is 35.5. The standard InChI is InChI=1S/C15H19ClN2O3/c1-3-21-15(20)11-5-4-6-18(9-11)14(19)12-8-17-10(2)7-13(12)16/h7-8,11H,3-6,9H2,1-2H3/t11-/m1/s1. The van der Waals surface area contributed by atoms with Gasteiger partial charge < -0.3 is 9.64 Å². The summed E-state index contributed by atoms with van der Waals surface area (Å²) in [6.07, 6.45) is 3.03. The number of nitrogens with zero attached hydrogens (tertiary/aromatic N) is 2. The SMILES string of the molecule is CCOC(=O)[C@@H]1CCCN(C(=O)c2cnc(C)cc2Cl)C1. The van der Waals surface area contributed by atoms with Gasteiger partial charge in [-0.3, -0.25) is 14.6 Å². The zero-order chi connectivity index (χ0) is 15.4. The number of aromatic nitrogens is 1. The van der Waals surface area contributed by atoms with E-state index in [2.05, 4.69) is 4.98 Å². The Morgan fingerprint density at radius 2 is 2.29 bits per heavy atom. The summed E-state index contributed by atoms with van der Waals surface area (Å²) < 4.78 is 5.04. The second kappa shape index (κ2) is 6.89. The lowest BCUT2D eigenvalue weighted by atomic mass is 9.97. The predicted octanol–water partition coefficient (Wildman–Crippen LogP) is 2.46. The summed E-state index contributed by atoms with van der Waals surface area (Å²) in [5, 5.41) is 0.394. The number of halogens is 1. The van der Waals surface area contributed by atoms with Gasteiger partial charge in [-0.05, 0) is 32.8 Å². The van der Waals surface area contributed by atoms with E-state index < -0.39 is 0 Å². The number of hydrogen-bond acceptors (Lipinski definition) is 4. The summed E-state index contributed by atoms with van der Waals surface area (Å²) in [5.41, 5.74) is 1.14. The quantitative estimate of drug-likeness (QED) is 0.805. The molecule has 2 rings (SSSR count). The van der Waals surface area contributed by atoms with Crippen molar-refractivity contribution in [3.05, 3.63) is 28.5 Å². The molecule has 1 fully saturated rings. The van der Waals surface area contributed by atoms with Gasteiger partial charge in [0.25, 0.3) is 5.91 Å². The number of aryl methyl sites for hydroxylation is 1. The maximum absolute atomic E-state index is 12.5. The Morgan fingerprint density at radius 1 is 1.52 bits per heavy atom. The number of likely N-dealkylation sites (tertiary alicyclic amines) is 1. The molecule has 114 valence electrons. The molecule has 0 spiro atoms. The smallest absolute Gasteiger partial charge is 0.310 e. The Balaban J connectivity index is 2.10. The van der Waals surface area contributed by atoms with Gasteiger partial charge in [-0.15, -0.1) is 0 Å². The molecule has 1 aromatic heterocycles. The van der Waals surface area contributed by atoms with Crippen LogP contribution in [0.15, 0.2) is 12.3 Å².